The highest BCUT2D eigenvalue weighted by Gasteiger charge is 2.23. The number of ketones is 1. The van der Waals surface area contributed by atoms with Gasteiger partial charge in [0, 0.05) is 12.8 Å². The minimum atomic E-state index is -0.334. The molecule has 1 aliphatic carbocycles. The second-order valence-corrected chi connectivity index (χ2v) is 2.86. The summed E-state index contributed by atoms with van der Waals surface area (Å²) >= 11 is 0. The van der Waals surface area contributed by atoms with Gasteiger partial charge in [0.1, 0.15) is 0 Å². The molecule has 0 amide bonds. The lowest BCUT2D eigenvalue weighted by Gasteiger charge is -2.02. The first kappa shape index (κ1) is 8.97. The second-order valence-electron chi connectivity index (χ2n) is 2.86. The highest BCUT2D eigenvalue weighted by molar-refractivity contribution is 5.98. The van der Waals surface area contributed by atoms with Crippen LogP contribution >= 0.6 is 0 Å². The Morgan fingerprint density at radius 3 is 2.58 bits per heavy atom. The largest absolute Gasteiger partial charge is 0.423 e. The summed E-state index contributed by atoms with van der Waals surface area (Å²) in [6.45, 7) is 3.53. The summed E-state index contributed by atoms with van der Waals surface area (Å²) in [5.41, 5.74) is 0.891. The SMILES string of the molecule is CCC(=O)OC1=C(C)CCC1=O. The van der Waals surface area contributed by atoms with Crippen LogP contribution in [-0.2, 0) is 14.3 Å². The number of rotatable bonds is 2. The molecule has 1 rings (SSSR count). The zero-order valence-electron chi connectivity index (χ0n) is 7.35. The fourth-order valence-electron chi connectivity index (χ4n) is 1.10. The van der Waals surface area contributed by atoms with Gasteiger partial charge in [0.15, 0.2) is 11.5 Å². The predicted molar refractivity (Wildman–Crippen MR) is 43.3 cm³/mol. The molecule has 0 aromatic heterocycles. The summed E-state index contributed by atoms with van der Waals surface area (Å²) < 4.78 is 4.88. The molecule has 66 valence electrons. The third kappa shape index (κ3) is 1.72. The zero-order chi connectivity index (χ0) is 9.14. The quantitative estimate of drug-likeness (QED) is 0.588. The monoisotopic (exact) mass is 168 g/mol. The molecule has 12 heavy (non-hydrogen) atoms. The van der Waals surface area contributed by atoms with E-state index in [4.69, 9.17) is 4.74 Å². The van der Waals surface area contributed by atoms with E-state index in [1.807, 2.05) is 6.92 Å². The van der Waals surface area contributed by atoms with Gasteiger partial charge in [0.25, 0.3) is 0 Å². The van der Waals surface area contributed by atoms with Gasteiger partial charge in [-0.25, -0.2) is 0 Å². The van der Waals surface area contributed by atoms with Crippen molar-refractivity contribution in [3.05, 3.63) is 11.3 Å². The lowest BCUT2D eigenvalue weighted by Crippen LogP contribution is -2.07. The van der Waals surface area contributed by atoms with Crippen LogP contribution in [0.2, 0.25) is 0 Å². The molecule has 0 atom stereocenters. The van der Waals surface area contributed by atoms with Crippen molar-refractivity contribution >= 4 is 11.8 Å². The number of esters is 1. The third-order valence-electron chi connectivity index (χ3n) is 1.87. The van der Waals surface area contributed by atoms with Gasteiger partial charge in [-0.2, -0.15) is 0 Å². The van der Waals surface area contributed by atoms with Crippen molar-refractivity contribution in [1.82, 2.24) is 0 Å². The van der Waals surface area contributed by atoms with Crippen LogP contribution in [0, 0.1) is 0 Å². The molecule has 0 saturated carbocycles. The van der Waals surface area contributed by atoms with E-state index in [1.54, 1.807) is 6.92 Å². The van der Waals surface area contributed by atoms with E-state index in [2.05, 4.69) is 0 Å². The molecule has 0 radical (unpaired) electrons. The molecule has 0 N–H and O–H groups in total. The van der Waals surface area contributed by atoms with Crippen LogP contribution in [0.25, 0.3) is 0 Å². The molecule has 0 aromatic rings. The number of hydrogen-bond donors (Lipinski definition) is 0. The van der Waals surface area contributed by atoms with Gasteiger partial charge in [-0.1, -0.05) is 6.92 Å². The van der Waals surface area contributed by atoms with Gasteiger partial charge in [-0.3, -0.25) is 9.59 Å². The van der Waals surface area contributed by atoms with E-state index in [0.29, 0.717) is 12.8 Å². The van der Waals surface area contributed by atoms with E-state index in [9.17, 15) is 9.59 Å². The fraction of sp³-hybridized carbons (Fsp3) is 0.556. The smallest absolute Gasteiger partial charge is 0.311 e. The summed E-state index contributed by atoms with van der Waals surface area (Å²) in [5, 5.41) is 0. The summed E-state index contributed by atoms with van der Waals surface area (Å²) in [5.74, 6) is -0.101. The van der Waals surface area contributed by atoms with Crippen LogP contribution in [0.4, 0.5) is 0 Å². The van der Waals surface area contributed by atoms with E-state index in [-0.39, 0.29) is 17.5 Å². The van der Waals surface area contributed by atoms with Gasteiger partial charge in [0.2, 0.25) is 0 Å². The highest BCUT2D eigenvalue weighted by Crippen LogP contribution is 2.23. The van der Waals surface area contributed by atoms with Crippen LogP contribution in [-0.4, -0.2) is 11.8 Å². The van der Waals surface area contributed by atoms with E-state index in [0.717, 1.165) is 12.0 Å². The molecule has 0 heterocycles. The van der Waals surface area contributed by atoms with Crippen LogP contribution in [0.15, 0.2) is 11.3 Å². The fourth-order valence-corrected chi connectivity index (χ4v) is 1.10. The Morgan fingerprint density at radius 1 is 1.50 bits per heavy atom. The lowest BCUT2D eigenvalue weighted by atomic mass is 10.3. The zero-order valence-corrected chi connectivity index (χ0v) is 7.35. The highest BCUT2D eigenvalue weighted by atomic mass is 16.5. The minimum absolute atomic E-state index is 0.0469. The maximum Gasteiger partial charge on any atom is 0.311 e. The van der Waals surface area contributed by atoms with Gasteiger partial charge < -0.3 is 4.74 Å². The molecule has 0 bridgehead atoms. The molecule has 3 nitrogen and oxygen atoms in total. The summed E-state index contributed by atoms with van der Waals surface area (Å²) in [6.07, 6.45) is 1.52. The Bertz CT molecular complexity index is 250. The van der Waals surface area contributed by atoms with E-state index < -0.39 is 0 Å². The molecule has 1 aliphatic rings. The number of carbonyl (C=O) groups excluding carboxylic acids is 2. The molecular weight excluding hydrogens is 156 g/mol. The normalized spacial score (nSPS) is 17.0. The van der Waals surface area contributed by atoms with Gasteiger partial charge in [-0.15, -0.1) is 0 Å². The van der Waals surface area contributed by atoms with Crippen molar-refractivity contribution in [2.75, 3.05) is 0 Å². The number of Topliss-reactive ketones (excluding diaryl/α,β-unsaturated/α-hetero) is 1. The van der Waals surface area contributed by atoms with Crippen molar-refractivity contribution in [3.8, 4) is 0 Å². The standard InChI is InChI=1S/C9H12O3/c1-3-8(11)12-9-6(2)4-5-7(9)10/h3-5H2,1-2H3. The molecular formula is C9H12O3. The number of allylic oxidation sites excluding steroid dienone is 2. The lowest BCUT2D eigenvalue weighted by molar-refractivity contribution is -0.141. The maximum atomic E-state index is 11.1. The van der Waals surface area contributed by atoms with Crippen molar-refractivity contribution in [2.24, 2.45) is 0 Å². The van der Waals surface area contributed by atoms with Gasteiger partial charge in [0.05, 0.1) is 0 Å². The topological polar surface area (TPSA) is 43.4 Å². The Labute approximate surface area is 71.4 Å². The predicted octanol–water partition coefficient (Wildman–Crippen LogP) is 1.58. The Hall–Kier alpha value is -1.12. The molecule has 0 fully saturated rings. The van der Waals surface area contributed by atoms with Crippen LogP contribution in [0.5, 0.6) is 0 Å². The Kier molecular flexibility index (Phi) is 2.63. The van der Waals surface area contributed by atoms with Crippen molar-refractivity contribution in [3.63, 3.8) is 0 Å². The molecule has 3 heteroatoms. The number of carbonyl (C=O) groups is 2. The van der Waals surface area contributed by atoms with Gasteiger partial charge >= 0.3 is 5.97 Å². The molecule has 0 saturated heterocycles. The average Bonchev–Trinajstić information content (AvgIpc) is 2.35. The summed E-state index contributed by atoms with van der Waals surface area (Å²) in [7, 11) is 0. The first-order valence-electron chi connectivity index (χ1n) is 4.08. The minimum Gasteiger partial charge on any atom is -0.423 e. The van der Waals surface area contributed by atoms with E-state index in [1.165, 1.54) is 0 Å². The van der Waals surface area contributed by atoms with Crippen molar-refractivity contribution in [1.29, 1.82) is 0 Å². The number of hydrogen-bond acceptors (Lipinski definition) is 3. The van der Waals surface area contributed by atoms with Crippen LogP contribution < -0.4 is 0 Å². The summed E-state index contributed by atoms with van der Waals surface area (Å²) in [6, 6.07) is 0. The van der Waals surface area contributed by atoms with Crippen molar-refractivity contribution in [2.45, 2.75) is 33.1 Å². The Morgan fingerprint density at radius 2 is 2.17 bits per heavy atom. The van der Waals surface area contributed by atoms with Gasteiger partial charge in [-0.05, 0) is 18.9 Å². The molecule has 0 spiro atoms. The first-order chi connectivity index (χ1) is 5.65. The molecule has 0 aromatic carbocycles. The molecule has 0 aliphatic heterocycles. The molecule has 0 unspecified atom stereocenters. The number of ether oxygens (including phenoxy) is 1. The average molecular weight is 168 g/mol. The second kappa shape index (κ2) is 3.52. The van der Waals surface area contributed by atoms with Crippen LogP contribution in [0.3, 0.4) is 0 Å². The summed E-state index contributed by atoms with van der Waals surface area (Å²) in [4.78, 5) is 22.0. The first-order valence-corrected chi connectivity index (χ1v) is 4.08. The van der Waals surface area contributed by atoms with Crippen molar-refractivity contribution < 1.29 is 14.3 Å². The van der Waals surface area contributed by atoms with E-state index >= 15 is 0 Å². The Balaban J connectivity index is 2.67. The third-order valence-corrected chi connectivity index (χ3v) is 1.87. The maximum absolute atomic E-state index is 11.1. The van der Waals surface area contributed by atoms with Crippen LogP contribution in [0.1, 0.15) is 33.1 Å².